The summed E-state index contributed by atoms with van der Waals surface area (Å²) in [7, 11) is 0. The van der Waals surface area contributed by atoms with Crippen LogP contribution in [0.1, 0.15) is 29.2 Å². The van der Waals surface area contributed by atoms with Crippen molar-refractivity contribution in [3.63, 3.8) is 0 Å². The van der Waals surface area contributed by atoms with Crippen molar-refractivity contribution in [2.45, 2.75) is 18.9 Å². The number of carbonyl (C=O) groups is 1. The molecule has 3 aromatic rings. The molecule has 0 aliphatic carbocycles. The van der Waals surface area contributed by atoms with Crippen LogP contribution >= 0.6 is 0 Å². The Bertz CT molecular complexity index is 749. The van der Waals surface area contributed by atoms with Crippen LogP contribution < -0.4 is 10.6 Å². The fourth-order valence-electron chi connectivity index (χ4n) is 2.97. The zero-order valence-electron chi connectivity index (χ0n) is 14.8. The van der Waals surface area contributed by atoms with Crippen LogP contribution in [-0.2, 0) is 6.42 Å². The van der Waals surface area contributed by atoms with Crippen LogP contribution in [-0.4, -0.2) is 12.6 Å². The minimum Gasteiger partial charge on any atom is -0.338 e. The number of hydrogen-bond donors (Lipinski definition) is 2. The molecule has 2 N–H and O–H groups in total. The molecule has 3 rings (SSSR count). The van der Waals surface area contributed by atoms with E-state index in [-0.39, 0.29) is 12.1 Å². The summed E-state index contributed by atoms with van der Waals surface area (Å²) in [5, 5.41) is 6.07. The number of hydrogen-bond acceptors (Lipinski definition) is 1. The zero-order valence-corrected chi connectivity index (χ0v) is 14.8. The molecule has 132 valence electrons. The van der Waals surface area contributed by atoms with Gasteiger partial charge in [-0.1, -0.05) is 91.0 Å². The van der Waals surface area contributed by atoms with Gasteiger partial charge in [-0.25, -0.2) is 4.79 Å². The normalized spacial score (nSPS) is 10.5. The third-order valence-corrected chi connectivity index (χ3v) is 4.31. The largest absolute Gasteiger partial charge is 0.338 e. The molecule has 0 aromatic heterocycles. The number of rotatable bonds is 7. The number of aryl methyl sites for hydroxylation is 1. The highest BCUT2D eigenvalue weighted by Crippen LogP contribution is 2.21. The van der Waals surface area contributed by atoms with Gasteiger partial charge in [0.05, 0.1) is 6.04 Å². The number of nitrogens with one attached hydrogen (secondary N) is 2. The summed E-state index contributed by atoms with van der Waals surface area (Å²) in [4.78, 5) is 12.4. The van der Waals surface area contributed by atoms with Gasteiger partial charge >= 0.3 is 6.03 Å². The van der Waals surface area contributed by atoms with E-state index in [0.717, 1.165) is 24.0 Å². The van der Waals surface area contributed by atoms with Crippen LogP contribution in [0.3, 0.4) is 0 Å². The van der Waals surface area contributed by atoms with Gasteiger partial charge in [-0.2, -0.15) is 0 Å². The highest BCUT2D eigenvalue weighted by atomic mass is 16.2. The third kappa shape index (κ3) is 5.21. The molecule has 0 saturated heterocycles. The first-order valence-corrected chi connectivity index (χ1v) is 9.01. The predicted molar refractivity (Wildman–Crippen MR) is 106 cm³/mol. The first-order valence-electron chi connectivity index (χ1n) is 9.01. The fourth-order valence-corrected chi connectivity index (χ4v) is 2.97. The number of urea groups is 1. The minimum atomic E-state index is -0.161. The van der Waals surface area contributed by atoms with Crippen molar-refractivity contribution in [2.24, 2.45) is 0 Å². The Hall–Kier alpha value is -3.07. The molecule has 0 radical (unpaired) electrons. The van der Waals surface area contributed by atoms with Crippen molar-refractivity contribution in [3.05, 3.63) is 108 Å². The summed E-state index contributed by atoms with van der Waals surface area (Å²) in [6.45, 7) is 0.650. The average Bonchev–Trinajstić information content (AvgIpc) is 2.71. The van der Waals surface area contributed by atoms with Crippen molar-refractivity contribution in [2.75, 3.05) is 6.54 Å². The van der Waals surface area contributed by atoms with Crippen LogP contribution in [0.4, 0.5) is 4.79 Å². The van der Waals surface area contributed by atoms with Gasteiger partial charge in [-0.05, 0) is 29.5 Å². The Morgan fingerprint density at radius 1 is 0.731 bits per heavy atom. The second kappa shape index (κ2) is 9.42. The maximum absolute atomic E-state index is 12.4. The van der Waals surface area contributed by atoms with E-state index in [1.165, 1.54) is 5.56 Å². The monoisotopic (exact) mass is 344 g/mol. The molecule has 2 amide bonds. The Kier molecular flexibility index (Phi) is 6.43. The molecule has 0 unspecified atom stereocenters. The first-order chi connectivity index (χ1) is 12.8. The maximum atomic E-state index is 12.4. The van der Waals surface area contributed by atoms with Crippen molar-refractivity contribution in [1.29, 1.82) is 0 Å². The first kappa shape index (κ1) is 17.7. The molecule has 0 bridgehead atoms. The molecule has 3 heteroatoms. The van der Waals surface area contributed by atoms with Gasteiger partial charge in [0.2, 0.25) is 0 Å². The second-order valence-corrected chi connectivity index (χ2v) is 6.24. The summed E-state index contributed by atoms with van der Waals surface area (Å²) in [6, 6.07) is 30.1. The molecule has 0 spiro atoms. The van der Waals surface area contributed by atoms with Crippen LogP contribution in [0.15, 0.2) is 91.0 Å². The minimum absolute atomic E-state index is 0.143. The summed E-state index contributed by atoms with van der Waals surface area (Å²) in [5.74, 6) is 0. The van der Waals surface area contributed by atoms with Gasteiger partial charge < -0.3 is 10.6 Å². The van der Waals surface area contributed by atoms with Crippen molar-refractivity contribution >= 4 is 6.03 Å². The summed E-state index contributed by atoms with van der Waals surface area (Å²) >= 11 is 0. The molecule has 0 aliphatic rings. The summed E-state index contributed by atoms with van der Waals surface area (Å²) < 4.78 is 0. The molecule has 0 heterocycles. The van der Waals surface area contributed by atoms with Gasteiger partial charge in [0.1, 0.15) is 0 Å². The second-order valence-electron chi connectivity index (χ2n) is 6.24. The van der Waals surface area contributed by atoms with E-state index in [1.54, 1.807) is 0 Å². The van der Waals surface area contributed by atoms with E-state index >= 15 is 0 Å². The molecular weight excluding hydrogens is 320 g/mol. The lowest BCUT2D eigenvalue weighted by molar-refractivity contribution is 0.238. The summed E-state index contributed by atoms with van der Waals surface area (Å²) in [6.07, 6.45) is 1.88. The van der Waals surface area contributed by atoms with E-state index in [1.807, 2.05) is 78.9 Å². The van der Waals surface area contributed by atoms with Gasteiger partial charge in [0.15, 0.2) is 0 Å². The van der Waals surface area contributed by atoms with E-state index in [9.17, 15) is 4.79 Å². The standard InChI is InChI=1S/C23H24N2O/c26-23(24-18-10-13-19-11-4-1-5-12-19)25-22(20-14-6-2-7-15-20)21-16-8-3-9-17-21/h1-9,11-12,14-17,22H,10,13,18H2,(H2,24,25,26). The van der Waals surface area contributed by atoms with Gasteiger partial charge in [-0.3, -0.25) is 0 Å². The van der Waals surface area contributed by atoms with Crippen molar-refractivity contribution in [3.8, 4) is 0 Å². The van der Waals surface area contributed by atoms with Crippen molar-refractivity contribution in [1.82, 2.24) is 10.6 Å². The Balaban J connectivity index is 1.56. The summed E-state index contributed by atoms with van der Waals surface area (Å²) in [5.41, 5.74) is 3.43. The zero-order chi connectivity index (χ0) is 18.0. The van der Waals surface area contributed by atoms with Gasteiger partial charge in [0.25, 0.3) is 0 Å². The molecule has 3 aromatic carbocycles. The molecule has 0 fully saturated rings. The quantitative estimate of drug-likeness (QED) is 0.599. The highest BCUT2D eigenvalue weighted by molar-refractivity contribution is 5.75. The number of benzene rings is 3. The number of carbonyl (C=O) groups excluding carboxylic acids is 1. The Morgan fingerprint density at radius 2 is 1.23 bits per heavy atom. The molecule has 26 heavy (non-hydrogen) atoms. The smallest absolute Gasteiger partial charge is 0.315 e. The molecule has 3 nitrogen and oxygen atoms in total. The fraction of sp³-hybridized carbons (Fsp3) is 0.174. The maximum Gasteiger partial charge on any atom is 0.315 e. The van der Waals surface area contributed by atoms with Crippen molar-refractivity contribution < 1.29 is 4.79 Å². The highest BCUT2D eigenvalue weighted by Gasteiger charge is 2.16. The molecule has 0 aliphatic heterocycles. The lowest BCUT2D eigenvalue weighted by Gasteiger charge is -2.20. The molecule has 0 atom stereocenters. The van der Waals surface area contributed by atoms with E-state index in [0.29, 0.717) is 6.54 Å². The van der Waals surface area contributed by atoms with E-state index in [4.69, 9.17) is 0 Å². The van der Waals surface area contributed by atoms with Gasteiger partial charge in [-0.15, -0.1) is 0 Å². The predicted octanol–water partition coefficient (Wildman–Crippen LogP) is 4.71. The lowest BCUT2D eigenvalue weighted by Crippen LogP contribution is -2.38. The van der Waals surface area contributed by atoms with Crippen LogP contribution in [0, 0.1) is 0 Å². The van der Waals surface area contributed by atoms with Gasteiger partial charge in [0, 0.05) is 6.54 Å². The van der Waals surface area contributed by atoms with E-state index < -0.39 is 0 Å². The Morgan fingerprint density at radius 3 is 1.77 bits per heavy atom. The Labute approximate surface area is 155 Å². The van der Waals surface area contributed by atoms with Crippen LogP contribution in [0.2, 0.25) is 0 Å². The molecule has 0 saturated carbocycles. The molecular formula is C23H24N2O. The lowest BCUT2D eigenvalue weighted by atomic mass is 9.99. The van der Waals surface area contributed by atoms with Crippen LogP contribution in [0.25, 0.3) is 0 Å². The van der Waals surface area contributed by atoms with Crippen LogP contribution in [0.5, 0.6) is 0 Å². The SMILES string of the molecule is O=C(NCCCc1ccccc1)NC(c1ccccc1)c1ccccc1. The third-order valence-electron chi connectivity index (χ3n) is 4.31. The topological polar surface area (TPSA) is 41.1 Å². The number of amides is 2. The van der Waals surface area contributed by atoms with E-state index in [2.05, 4.69) is 22.8 Å². The average molecular weight is 344 g/mol.